The van der Waals surface area contributed by atoms with Crippen LogP contribution in [0, 0.1) is 13.8 Å². The number of morpholine rings is 1. The van der Waals surface area contributed by atoms with Gasteiger partial charge in [-0.15, -0.1) is 0 Å². The SMILES string of the molecule is CC(=O)N(CCC(=O)Nc1ccc(C)cc1C)CCN1CCOCC1. The lowest BCUT2D eigenvalue weighted by atomic mass is 10.1. The van der Waals surface area contributed by atoms with Crippen molar-refractivity contribution in [1.29, 1.82) is 0 Å². The summed E-state index contributed by atoms with van der Waals surface area (Å²) in [5.41, 5.74) is 3.05. The summed E-state index contributed by atoms with van der Waals surface area (Å²) in [5.74, 6) is -0.0582. The molecule has 1 fully saturated rings. The molecule has 2 amide bonds. The summed E-state index contributed by atoms with van der Waals surface area (Å²) in [6, 6.07) is 5.94. The monoisotopic (exact) mass is 347 g/mol. The number of benzene rings is 1. The molecule has 1 N–H and O–H groups in total. The molecule has 0 saturated carbocycles. The highest BCUT2D eigenvalue weighted by Gasteiger charge is 2.15. The first-order chi connectivity index (χ1) is 12.0. The largest absolute Gasteiger partial charge is 0.379 e. The second-order valence-corrected chi connectivity index (χ2v) is 6.58. The molecule has 138 valence electrons. The molecule has 1 aliphatic rings. The van der Waals surface area contributed by atoms with Crippen molar-refractivity contribution in [3.05, 3.63) is 29.3 Å². The highest BCUT2D eigenvalue weighted by Crippen LogP contribution is 2.16. The fraction of sp³-hybridized carbons (Fsp3) is 0.579. The number of aryl methyl sites for hydroxylation is 2. The van der Waals surface area contributed by atoms with Crippen LogP contribution in [0.2, 0.25) is 0 Å². The Labute approximate surface area is 150 Å². The van der Waals surface area contributed by atoms with Crippen LogP contribution in [0.5, 0.6) is 0 Å². The van der Waals surface area contributed by atoms with Gasteiger partial charge >= 0.3 is 0 Å². The Morgan fingerprint density at radius 2 is 1.92 bits per heavy atom. The second kappa shape index (κ2) is 9.53. The highest BCUT2D eigenvalue weighted by molar-refractivity contribution is 5.91. The smallest absolute Gasteiger partial charge is 0.226 e. The molecule has 1 aromatic rings. The molecule has 0 radical (unpaired) electrons. The number of hydrogen-bond acceptors (Lipinski definition) is 4. The first-order valence-corrected chi connectivity index (χ1v) is 8.88. The molecule has 0 atom stereocenters. The van der Waals surface area contributed by atoms with Crippen molar-refractivity contribution in [2.75, 3.05) is 51.3 Å². The Bertz CT molecular complexity index is 598. The van der Waals surface area contributed by atoms with Crippen molar-refractivity contribution in [3.63, 3.8) is 0 Å². The van der Waals surface area contributed by atoms with Crippen LogP contribution < -0.4 is 5.32 Å². The molecule has 0 bridgehead atoms. The minimum Gasteiger partial charge on any atom is -0.379 e. The second-order valence-electron chi connectivity index (χ2n) is 6.58. The third-order valence-corrected chi connectivity index (χ3v) is 4.50. The standard InChI is InChI=1S/C19H29N3O3/c1-15-4-5-18(16(2)14-15)20-19(24)6-7-22(17(3)23)9-8-21-10-12-25-13-11-21/h4-5,14H,6-13H2,1-3H3,(H,20,24). The maximum Gasteiger partial charge on any atom is 0.226 e. The van der Waals surface area contributed by atoms with Crippen LogP contribution in [0.1, 0.15) is 24.5 Å². The van der Waals surface area contributed by atoms with E-state index in [4.69, 9.17) is 4.74 Å². The Hall–Kier alpha value is -1.92. The molecule has 0 aromatic heterocycles. The van der Waals surface area contributed by atoms with Crippen LogP contribution in [-0.2, 0) is 14.3 Å². The van der Waals surface area contributed by atoms with Gasteiger partial charge in [0.15, 0.2) is 0 Å². The van der Waals surface area contributed by atoms with E-state index in [1.165, 1.54) is 5.56 Å². The van der Waals surface area contributed by atoms with Gasteiger partial charge in [0.1, 0.15) is 0 Å². The molecule has 2 rings (SSSR count). The van der Waals surface area contributed by atoms with Crippen molar-refractivity contribution in [2.24, 2.45) is 0 Å². The van der Waals surface area contributed by atoms with Crippen molar-refractivity contribution in [1.82, 2.24) is 9.80 Å². The zero-order valence-electron chi connectivity index (χ0n) is 15.5. The normalized spacial score (nSPS) is 15.0. The fourth-order valence-electron chi connectivity index (χ4n) is 2.92. The molecular formula is C19H29N3O3. The number of amides is 2. The quantitative estimate of drug-likeness (QED) is 0.817. The summed E-state index contributed by atoms with van der Waals surface area (Å²) in [7, 11) is 0. The summed E-state index contributed by atoms with van der Waals surface area (Å²) in [5, 5.41) is 2.93. The average Bonchev–Trinajstić information content (AvgIpc) is 2.58. The minimum absolute atomic E-state index is 0.00701. The van der Waals surface area contributed by atoms with Gasteiger partial charge in [-0.25, -0.2) is 0 Å². The van der Waals surface area contributed by atoms with Gasteiger partial charge in [-0.1, -0.05) is 17.7 Å². The van der Waals surface area contributed by atoms with Crippen LogP contribution in [0.3, 0.4) is 0 Å². The fourth-order valence-corrected chi connectivity index (χ4v) is 2.92. The molecule has 25 heavy (non-hydrogen) atoms. The van der Waals surface area contributed by atoms with E-state index in [0.717, 1.165) is 44.1 Å². The summed E-state index contributed by atoms with van der Waals surface area (Å²) >= 11 is 0. The van der Waals surface area contributed by atoms with Crippen LogP contribution in [0.25, 0.3) is 0 Å². The van der Waals surface area contributed by atoms with Gasteiger partial charge in [-0.2, -0.15) is 0 Å². The van der Waals surface area contributed by atoms with Crippen LogP contribution in [0.4, 0.5) is 5.69 Å². The molecule has 0 aliphatic carbocycles. The van der Waals surface area contributed by atoms with Crippen molar-refractivity contribution in [2.45, 2.75) is 27.2 Å². The number of hydrogen-bond donors (Lipinski definition) is 1. The number of carbonyl (C=O) groups is 2. The van der Waals surface area contributed by atoms with Crippen molar-refractivity contribution in [3.8, 4) is 0 Å². The van der Waals surface area contributed by atoms with Gasteiger partial charge in [0.05, 0.1) is 13.2 Å². The van der Waals surface area contributed by atoms with E-state index in [9.17, 15) is 9.59 Å². The average molecular weight is 347 g/mol. The van der Waals surface area contributed by atoms with E-state index in [-0.39, 0.29) is 11.8 Å². The molecule has 1 aromatic carbocycles. The van der Waals surface area contributed by atoms with Crippen LogP contribution in [-0.4, -0.2) is 67.6 Å². The Morgan fingerprint density at radius 3 is 2.56 bits per heavy atom. The number of rotatable bonds is 7. The Morgan fingerprint density at radius 1 is 1.20 bits per heavy atom. The van der Waals surface area contributed by atoms with E-state index in [2.05, 4.69) is 10.2 Å². The van der Waals surface area contributed by atoms with E-state index in [1.807, 2.05) is 32.0 Å². The lowest BCUT2D eigenvalue weighted by molar-refractivity contribution is -0.129. The molecule has 6 nitrogen and oxygen atoms in total. The molecule has 1 saturated heterocycles. The van der Waals surface area contributed by atoms with Gasteiger partial charge in [0.25, 0.3) is 0 Å². The number of nitrogens with one attached hydrogen (secondary N) is 1. The van der Waals surface area contributed by atoms with E-state index < -0.39 is 0 Å². The number of carbonyl (C=O) groups excluding carboxylic acids is 2. The minimum atomic E-state index is -0.0652. The number of ether oxygens (including phenoxy) is 1. The Kier molecular flexibility index (Phi) is 7.40. The lowest BCUT2D eigenvalue weighted by Crippen LogP contribution is -2.43. The summed E-state index contributed by atoms with van der Waals surface area (Å²) in [6.45, 7) is 10.8. The van der Waals surface area contributed by atoms with E-state index in [0.29, 0.717) is 19.5 Å². The molecule has 0 unspecified atom stereocenters. The zero-order chi connectivity index (χ0) is 18.2. The zero-order valence-corrected chi connectivity index (χ0v) is 15.5. The molecular weight excluding hydrogens is 318 g/mol. The maximum absolute atomic E-state index is 12.2. The third kappa shape index (κ3) is 6.48. The first kappa shape index (κ1) is 19.4. The van der Waals surface area contributed by atoms with Crippen molar-refractivity contribution < 1.29 is 14.3 Å². The number of anilines is 1. The summed E-state index contributed by atoms with van der Waals surface area (Å²) < 4.78 is 5.33. The highest BCUT2D eigenvalue weighted by atomic mass is 16.5. The lowest BCUT2D eigenvalue weighted by Gasteiger charge is -2.29. The van der Waals surface area contributed by atoms with E-state index in [1.54, 1.807) is 11.8 Å². The van der Waals surface area contributed by atoms with Gasteiger partial charge in [-0.3, -0.25) is 14.5 Å². The van der Waals surface area contributed by atoms with Crippen molar-refractivity contribution >= 4 is 17.5 Å². The van der Waals surface area contributed by atoms with Gasteiger partial charge in [0, 0.05) is 51.8 Å². The predicted molar refractivity (Wildman–Crippen MR) is 98.7 cm³/mol. The Balaban J connectivity index is 1.79. The predicted octanol–water partition coefficient (Wildman–Crippen LogP) is 1.81. The van der Waals surface area contributed by atoms with E-state index >= 15 is 0 Å². The van der Waals surface area contributed by atoms with Gasteiger partial charge < -0.3 is 15.0 Å². The summed E-state index contributed by atoms with van der Waals surface area (Å²) in [6.07, 6.45) is 0.302. The van der Waals surface area contributed by atoms with Crippen LogP contribution >= 0.6 is 0 Å². The van der Waals surface area contributed by atoms with Gasteiger partial charge in [-0.05, 0) is 25.5 Å². The third-order valence-electron chi connectivity index (χ3n) is 4.50. The van der Waals surface area contributed by atoms with Crippen LogP contribution in [0.15, 0.2) is 18.2 Å². The molecule has 1 aliphatic heterocycles. The summed E-state index contributed by atoms with van der Waals surface area (Å²) in [4.78, 5) is 28.1. The maximum atomic E-state index is 12.2. The molecule has 6 heteroatoms. The number of nitrogens with zero attached hydrogens (tertiary/aromatic N) is 2. The first-order valence-electron chi connectivity index (χ1n) is 8.88. The molecule has 0 spiro atoms. The molecule has 1 heterocycles. The van der Waals surface area contributed by atoms with Gasteiger partial charge in [0.2, 0.25) is 11.8 Å². The topological polar surface area (TPSA) is 61.9 Å².